The van der Waals surface area contributed by atoms with Gasteiger partial charge in [-0.15, -0.1) is 0 Å². The van der Waals surface area contributed by atoms with Crippen LogP contribution in [0.25, 0.3) is 33.5 Å². The Bertz CT molecular complexity index is 1840. The molecule has 9 heteroatoms. The number of nitrogens with zero attached hydrogens (tertiary/aromatic N) is 3. The van der Waals surface area contributed by atoms with Crippen molar-refractivity contribution in [3.8, 4) is 22.5 Å². The van der Waals surface area contributed by atoms with E-state index in [-0.39, 0.29) is 16.8 Å². The molecule has 1 amide bonds. The predicted molar refractivity (Wildman–Crippen MR) is 170 cm³/mol. The summed E-state index contributed by atoms with van der Waals surface area (Å²) >= 11 is 0. The van der Waals surface area contributed by atoms with Crippen LogP contribution in [0.4, 0.5) is 5.69 Å². The molecule has 4 aromatic carbocycles. The smallest absolute Gasteiger partial charge is 0.240 e. The SMILES string of the molecule is CC(=O)Nc1ccc(S(=O)(=O)NC2CCCN(Cc3ccc(-c4nc5ccccc5nc4-c4ccccc4)cc3)C2)cc1. The van der Waals surface area contributed by atoms with Gasteiger partial charge in [-0.2, -0.15) is 0 Å². The van der Waals surface area contributed by atoms with Gasteiger partial charge in [0.15, 0.2) is 0 Å². The number of hydrogen-bond acceptors (Lipinski definition) is 6. The maximum absolute atomic E-state index is 13.1. The minimum absolute atomic E-state index is 0.181. The lowest BCUT2D eigenvalue weighted by molar-refractivity contribution is -0.114. The summed E-state index contributed by atoms with van der Waals surface area (Å²) in [5.74, 6) is -0.204. The molecule has 0 spiro atoms. The number of carbonyl (C=O) groups is 1. The number of anilines is 1. The van der Waals surface area contributed by atoms with Crippen LogP contribution >= 0.6 is 0 Å². The molecule has 0 aliphatic carbocycles. The molecule has 0 bridgehead atoms. The number of fused-ring (bicyclic) bond motifs is 1. The molecule has 0 radical (unpaired) electrons. The van der Waals surface area contributed by atoms with Crippen molar-refractivity contribution in [2.45, 2.75) is 37.2 Å². The van der Waals surface area contributed by atoms with E-state index in [0.717, 1.165) is 65.0 Å². The van der Waals surface area contributed by atoms with Crippen molar-refractivity contribution < 1.29 is 13.2 Å². The fourth-order valence-electron chi connectivity index (χ4n) is 5.53. The number of nitrogens with one attached hydrogen (secondary N) is 2. The van der Waals surface area contributed by atoms with Crippen LogP contribution in [0.15, 0.2) is 108 Å². The van der Waals surface area contributed by atoms with Crippen LogP contribution in [-0.2, 0) is 21.4 Å². The third kappa shape index (κ3) is 6.80. The minimum Gasteiger partial charge on any atom is -0.326 e. The van der Waals surface area contributed by atoms with Gasteiger partial charge in [0, 0.05) is 42.9 Å². The van der Waals surface area contributed by atoms with Gasteiger partial charge in [-0.3, -0.25) is 9.69 Å². The second-order valence-corrected chi connectivity index (χ2v) is 12.6. The van der Waals surface area contributed by atoms with E-state index in [4.69, 9.17) is 9.97 Å². The van der Waals surface area contributed by atoms with E-state index >= 15 is 0 Å². The fraction of sp³-hybridized carbons (Fsp3) is 0.206. The predicted octanol–water partition coefficient (Wildman–Crippen LogP) is 5.87. The van der Waals surface area contributed by atoms with Crippen molar-refractivity contribution >= 4 is 32.7 Å². The monoisotopic (exact) mass is 591 g/mol. The second-order valence-electron chi connectivity index (χ2n) is 10.9. The maximum atomic E-state index is 13.1. The molecule has 0 saturated carbocycles. The Morgan fingerprint density at radius 2 is 1.42 bits per heavy atom. The number of rotatable bonds is 8. The molecular formula is C34H33N5O3S. The van der Waals surface area contributed by atoms with Gasteiger partial charge < -0.3 is 5.32 Å². The molecule has 1 aliphatic rings. The molecule has 43 heavy (non-hydrogen) atoms. The van der Waals surface area contributed by atoms with E-state index < -0.39 is 10.0 Å². The Kier molecular flexibility index (Phi) is 8.29. The summed E-state index contributed by atoms with van der Waals surface area (Å²) in [6.07, 6.45) is 1.68. The van der Waals surface area contributed by atoms with Gasteiger partial charge in [-0.05, 0) is 61.3 Å². The quantitative estimate of drug-likeness (QED) is 0.234. The molecule has 1 saturated heterocycles. The summed E-state index contributed by atoms with van der Waals surface area (Å²) in [4.78, 5) is 23.7. The summed E-state index contributed by atoms with van der Waals surface area (Å²) < 4.78 is 29.0. The summed E-state index contributed by atoms with van der Waals surface area (Å²) in [5.41, 5.74) is 7.13. The zero-order chi connectivity index (χ0) is 29.8. The lowest BCUT2D eigenvalue weighted by Crippen LogP contribution is -2.47. The van der Waals surface area contributed by atoms with Gasteiger partial charge in [-0.25, -0.2) is 23.1 Å². The molecule has 5 aromatic rings. The average Bonchev–Trinajstić information content (AvgIpc) is 3.01. The largest absolute Gasteiger partial charge is 0.326 e. The Morgan fingerprint density at radius 3 is 2.05 bits per heavy atom. The molecule has 1 fully saturated rings. The van der Waals surface area contributed by atoms with Crippen molar-refractivity contribution in [3.05, 3.63) is 109 Å². The minimum atomic E-state index is -3.68. The molecule has 218 valence electrons. The highest BCUT2D eigenvalue weighted by Gasteiger charge is 2.25. The average molecular weight is 592 g/mol. The van der Waals surface area contributed by atoms with Gasteiger partial charge in [0.05, 0.1) is 27.3 Å². The number of carbonyl (C=O) groups excluding carboxylic acids is 1. The molecule has 2 heterocycles. The van der Waals surface area contributed by atoms with E-state index in [1.807, 2.05) is 42.5 Å². The zero-order valence-electron chi connectivity index (χ0n) is 23.9. The third-order valence-corrected chi connectivity index (χ3v) is 9.10. The number of benzene rings is 4. The summed E-state index contributed by atoms with van der Waals surface area (Å²) in [7, 11) is -3.68. The van der Waals surface area contributed by atoms with Gasteiger partial charge >= 0.3 is 0 Å². The zero-order valence-corrected chi connectivity index (χ0v) is 24.7. The van der Waals surface area contributed by atoms with Crippen LogP contribution in [0.1, 0.15) is 25.3 Å². The standard InChI is InChI=1S/C34H33N5O3S/c1-24(40)35-28-17-19-30(20-18-28)43(41,42)38-29-10-7-21-39(23-29)22-25-13-15-27(16-14-25)34-33(26-8-3-2-4-9-26)36-31-11-5-6-12-32(31)37-34/h2-6,8-9,11-20,29,38H,7,10,21-23H2,1H3,(H,35,40). The number of hydrogen-bond donors (Lipinski definition) is 2. The second kappa shape index (κ2) is 12.4. The number of para-hydroxylation sites is 2. The number of sulfonamides is 1. The Morgan fingerprint density at radius 1 is 0.814 bits per heavy atom. The lowest BCUT2D eigenvalue weighted by atomic mass is 10.0. The van der Waals surface area contributed by atoms with Gasteiger partial charge in [-0.1, -0.05) is 66.7 Å². The molecule has 1 aromatic heterocycles. The normalized spacial score (nSPS) is 15.8. The molecule has 2 N–H and O–H groups in total. The molecule has 8 nitrogen and oxygen atoms in total. The Hall–Kier alpha value is -4.44. The van der Waals surface area contributed by atoms with Crippen molar-refractivity contribution in [3.63, 3.8) is 0 Å². The summed E-state index contributed by atoms with van der Waals surface area (Å²) in [5, 5.41) is 2.66. The highest BCUT2D eigenvalue weighted by molar-refractivity contribution is 7.89. The van der Waals surface area contributed by atoms with E-state index in [1.54, 1.807) is 12.1 Å². The van der Waals surface area contributed by atoms with Crippen LogP contribution in [0.3, 0.4) is 0 Å². The number of aromatic nitrogens is 2. The lowest BCUT2D eigenvalue weighted by Gasteiger charge is -2.33. The van der Waals surface area contributed by atoms with Crippen LogP contribution in [-0.4, -0.2) is 48.3 Å². The van der Waals surface area contributed by atoms with E-state index in [9.17, 15) is 13.2 Å². The van der Waals surface area contributed by atoms with Gasteiger partial charge in [0.1, 0.15) is 0 Å². The maximum Gasteiger partial charge on any atom is 0.240 e. The van der Waals surface area contributed by atoms with Gasteiger partial charge in [0.25, 0.3) is 0 Å². The molecule has 1 atom stereocenters. The highest BCUT2D eigenvalue weighted by Crippen LogP contribution is 2.31. The molecule has 1 unspecified atom stereocenters. The summed E-state index contributed by atoms with van der Waals surface area (Å²) in [6, 6.07) is 32.5. The number of amides is 1. The third-order valence-electron chi connectivity index (χ3n) is 7.56. The Labute approximate surface area is 251 Å². The van der Waals surface area contributed by atoms with E-state index in [0.29, 0.717) is 12.2 Å². The van der Waals surface area contributed by atoms with E-state index in [2.05, 4.69) is 51.3 Å². The van der Waals surface area contributed by atoms with Crippen LogP contribution < -0.4 is 10.0 Å². The number of piperidine rings is 1. The van der Waals surface area contributed by atoms with Crippen LogP contribution in [0.5, 0.6) is 0 Å². The van der Waals surface area contributed by atoms with Crippen LogP contribution in [0, 0.1) is 0 Å². The van der Waals surface area contributed by atoms with Crippen molar-refractivity contribution in [2.75, 3.05) is 18.4 Å². The first-order valence-electron chi connectivity index (χ1n) is 14.4. The Balaban J connectivity index is 1.15. The molecule has 6 rings (SSSR count). The summed E-state index contributed by atoms with van der Waals surface area (Å²) in [6.45, 7) is 3.66. The first-order valence-corrected chi connectivity index (χ1v) is 15.9. The first-order chi connectivity index (χ1) is 20.8. The van der Waals surface area contributed by atoms with E-state index in [1.165, 1.54) is 19.1 Å². The van der Waals surface area contributed by atoms with Crippen LogP contribution in [0.2, 0.25) is 0 Å². The van der Waals surface area contributed by atoms with Crippen molar-refractivity contribution in [1.29, 1.82) is 0 Å². The highest BCUT2D eigenvalue weighted by atomic mass is 32.2. The van der Waals surface area contributed by atoms with Crippen molar-refractivity contribution in [1.82, 2.24) is 19.6 Å². The molecular weight excluding hydrogens is 558 g/mol. The number of likely N-dealkylation sites (tertiary alicyclic amines) is 1. The first kappa shape index (κ1) is 28.7. The molecule has 1 aliphatic heterocycles. The fourth-order valence-corrected chi connectivity index (χ4v) is 6.79. The van der Waals surface area contributed by atoms with Gasteiger partial charge in [0.2, 0.25) is 15.9 Å². The van der Waals surface area contributed by atoms with Crippen molar-refractivity contribution in [2.24, 2.45) is 0 Å². The topological polar surface area (TPSA) is 104 Å².